The lowest BCUT2D eigenvalue weighted by molar-refractivity contribution is -0.0408. The van der Waals surface area contributed by atoms with Crippen molar-refractivity contribution >= 4 is 6.03 Å². The maximum atomic E-state index is 12.4. The number of urea groups is 1. The van der Waals surface area contributed by atoms with Gasteiger partial charge in [0.2, 0.25) is 0 Å². The van der Waals surface area contributed by atoms with Crippen LogP contribution in [0.3, 0.4) is 0 Å². The van der Waals surface area contributed by atoms with Crippen LogP contribution >= 0.6 is 0 Å². The van der Waals surface area contributed by atoms with E-state index in [2.05, 4.69) is 19.2 Å². The molecule has 0 radical (unpaired) electrons. The molecule has 122 valence electrons. The van der Waals surface area contributed by atoms with Gasteiger partial charge in [-0.05, 0) is 58.3 Å². The van der Waals surface area contributed by atoms with E-state index in [1.165, 1.54) is 0 Å². The van der Waals surface area contributed by atoms with Crippen molar-refractivity contribution in [2.45, 2.75) is 76.7 Å². The van der Waals surface area contributed by atoms with Gasteiger partial charge in [-0.15, -0.1) is 0 Å². The van der Waals surface area contributed by atoms with Gasteiger partial charge in [0, 0.05) is 25.7 Å². The zero-order valence-corrected chi connectivity index (χ0v) is 13.5. The molecule has 2 amide bonds. The molecule has 2 rings (SSSR count). The maximum absolute atomic E-state index is 12.4. The molecule has 0 aromatic rings. The summed E-state index contributed by atoms with van der Waals surface area (Å²) in [6, 6.07) is 0.559. The second-order valence-corrected chi connectivity index (χ2v) is 6.84. The van der Waals surface area contributed by atoms with E-state index in [1.807, 2.05) is 11.9 Å². The number of nitrogens with one attached hydrogen (secondary N) is 1. The van der Waals surface area contributed by atoms with Crippen LogP contribution in [-0.2, 0) is 4.74 Å². The highest BCUT2D eigenvalue weighted by Gasteiger charge is 2.29. The molecule has 2 aliphatic rings. The largest absolute Gasteiger partial charge is 0.396 e. The van der Waals surface area contributed by atoms with E-state index >= 15 is 0 Å². The summed E-state index contributed by atoms with van der Waals surface area (Å²) < 4.78 is 5.71. The first kappa shape index (κ1) is 16.6. The number of hydrogen-bond acceptors (Lipinski definition) is 3. The Kier molecular flexibility index (Phi) is 5.88. The average Bonchev–Trinajstić information content (AvgIpc) is 2.45. The van der Waals surface area contributed by atoms with Gasteiger partial charge in [-0.25, -0.2) is 4.79 Å². The molecule has 2 N–H and O–H groups in total. The van der Waals surface area contributed by atoms with Crippen LogP contribution in [0.25, 0.3) is 0 Å². The van der Waals surface area contributed by atoms with Crippen molar-refractivity contribution in [3.63, 3.8) is 0 Å². The van der Waals surface area contributed by atoms with Crippen LogP contribution in [0.5, 0.6) is 0 Å². The quantitative estimate of drug-likeness (QED) is 0.839. The Bertz CT molecular complexity index is 332. The third-order valence-corrected chi connectivity index (χ3v) is 4.97. The molecule has 5 heteroatoms. The van der Waals surface area contributed by atoms with Crippen molar-refractivity contribution in [2.24, 2.45) is 5.92 Å². The molecule has 21 heavy (non-hydrogen) atoms. The van der Waals surface area contributed by atoms with Gasteiger partial charge >= 0.3 is 6.03 Å². The molecule has 1 aliphatic carbocycles. The Labute approximate surface area is 128 Å². The number of ether oxygens (including phenoxy) is 1. The van der Waals surface area contributed by atoms with Gasteiger partial charge in [0.05, 0.1) is 12.2 Å². The highest BCUT2D eigenvalue weighted by atomic mass is 16.5. The number of aliphatic hydroxyl groups is 1. The topological polar surface area (TPSA) is 61.8 Å². The molecule has 1 saturated carbocycles. The predicted octanol–water partition coefficient (Wildman–Crippen LogP) is 2.13. The molecule has 1 heterocycles. The molecule has 2 atom stereocenters. The molecule has 0 spiro atoms. The second kappa shape index (κ2) is 7.45. The fourth-order valence-corrected chi connectivity index (χ4v) is 3.68. The van der Waals surface area contributed by atoms with Crippen molar-refractivity contribution in [1.82, 2.24) is 10.2 Å². The first-order chi connectivity index (χ1) is 9.99. The molecular formula is C16H30N2O3. The number of hydrogen-bond donors (Lipinski definition) is 2. The molecule has 2 unspecified atom stereocenters. The standard InChI is InChI=1S/C16H30N2O3/c1-11-8-14(9-12(2)21-11)17-16(20)18(3)15-6-4-13(10-19)5-7-15/h11-15,19H,4-10H2,1-3H3,(H,17,20). The van der Waals surface area contributed by atoms with Gasteiger partial charge in [0.1, 0.15) is 0 Å². The van der Waals surface area contributed by atoms with Crippen LogP contribution in [-0.4, -0.2) is 54.0 Å². The Balaban J connectivity index is 1.80. The molecular weight excluding hydrogens is 268 g/mol. The molecule has 1 saturated heterocycles. The van der Waals surface area contributed by atoms with Gasteiger partial charge < -0.3 is 20.1 Å². The Hall–Kier alpha value is -0.810. The third-order valence-electron chi connectivity index (χ3n) is 4.97. The minimum Gasteiger partial charge on any atom is -0.396 e. The normalized spacial score (nSPS) is 37.0. The number of carbonyl (C=O) groups excluding carboxylic acids is 1. The second-order valence-electron chi connectivity index (χ2n) is 6.84. The SMILES string of the molecule is CC1CC(NC(=O)N(C)C2CCC(CO)CC2)CC(C)O1. The Morgan fingerprint density at radius 3 is 2.29 bits per heavy atom. The van der Waals surface area contributed by atoms with Gasteiger partial charge in [-0.2, -0.15) is 0 Å². The minimum atomic E-state index is 0.0359. The third kappa shape index (κ3) is 4.58. The van der Waals surface area contributed by atoms with Crippen molar-refractivity contribution < 1.29 is 14.6 Å². The van der Waals surface area contributed by atoms with E-state index in [0.29, 0.717) is 12.0 Å². The lowest BCUT2D eigenvalue weighted by atomic mass is 9.86. The van der Waals surface area contributed by atoms with Gasteiger partial charge in [0.25, 0.3) is 0 Å². The van der Waals surface area contributed by atoms with Crippen molar-refractivity contribution in [1.29, 1.82) is 0 Å². The van der Waals surface area contributed by atoms with E-state index in [-0.39, 0.29) is 30.9 Å². The molecule has 0 aromatic carbocycles. The maximum Gasteiger partial charge on any atom is 0.317 e. The summed E-state index contributed by atoms with van der Waals surface area (Å²) >= 11 is 0. The lowest BCUT2D eigenvalue weighted by Crippen LogP contribution is -2.51. The number of carbonyl (C=O) groups is 1. The highest BCUT2D eigenvalue weighted by molar-refractivity contribution is 5.74. The first-order valence-electron chi connectivity index (χ1n) is 8.29. The fourth-order valence-electron chi connectivity index (χ4n) is 3.68. The minimum absolute atomic E-state index is 0.0359. The summed E-state index contributed by atoms with van der Waals surface area (Å²) in [6.07, 6.45) is 6.23. The van der Waals surface area contributed by atoms with E-state index in [0.717, 1.165) is 38.5 Å². The van der Waals surface area contributed by atoms with E-state index in [4.69, 9.17) is 4.74 Å². The molecule has 0 bridgehead atoms. The van der Waals surface area contributed by atoms with Crippen LogP contribution in [0.15, 0.2) is 0 Å². The summed E-state index contributed by atoms with van der Waals surface area (Å²) in [5, 5.41) is 12.3. The Morgan fingerprint density at radius 1 is 1.19 bits per heavy atom. The number of aliphatic hydroxyl groups excluding tert-OH is 1. The smallest absolute Gasteiger partial charge is 0.317 e. The van der Waals surface area contributed by atoms with Crippen LogP contribution < -0.4 is 5.32 Å². The summed E-state index contributed by atoms with van der Waals surface area (Å²) in [5.74, 6) is 0.426. The molecule has 5 nitrogen and oxygen atoms in total. The zero-order chi connectivity index (χ0) is 15.4. The summed E-state index contributed by atoms with van der Waals surface area (Å²) in [5.41, 5.74) is 0. The Morgan fingerprint density at radius 2 is 1.76 bits per heavy atom. The number of amides is 2. The predicted molar refractivity (Wildman–Crippen MR) is 82.2 cm³/mol. The van der Waals surface area contributed by atoms with Gasteiger partial charge in [-0.3, -0.25) is 0 Å². The van der Waals surface area contributed by atoms with E-state index in [9.17, 15) is 9.90 Å². The van der Waals surface area contributed by atoms with Crippen LogP contribution in [0.1, 0.15) is 52.4 Å². The molecule has 0 aromatic heterocycles. The van der Waals surface area contributed by atoms with Gasteiger partial charge in [-0.1, -0.05) is 0 Å². The van der Waals surface area contributed by atoms with Crippen molar-refractivity contribution in [3.8, 4) is 0 Å². The van der Waals surface area contributed by atoms with Crippen LogP contribution in [0, 0.1) is 5.92 Å². The van der Waals surface area contributed by atoms with Crippen LogP contribution in [0.4, 0.5) is 4.79 Å². The lowest BCUT2D eigenvalue weighted by Gasteiger charge is -2.37. The summed E-state index contributed by atoms with van der Waals surface area (Å²) in [7, 11) is 1.89. The van der Waals surface area contributed by atoms with E-state index < -0.39 is 0 Å². The highest BCUT2D eigenvalue weighted by Crippen LogP contribution is 2.27. The monoisotopic (exact) mass is 298 g/mol. The van der Waals surface area contributed by atoms with Crippen molar-refractivity contribution in [2.75, 3.05) is 13.7 Å². The van der Waals surface area contributed by atoms with Crippen molar-refractivity contribution in [3.05, 3.63) is 0 Å². The summed E-state index contributed by atoms with van der Waals surface area (Å²) in [6.45, 7) is 4.41. The first-order valence-corrected chi connectivity index (χ1v) is 8.29. The van der Waals surface area contributed by atoms with Crippen LogP contribution in [0.2, 0.25) is 0 Å². The van der Waals surface area contributed by atoms with Gasteiger partial charge in [0.15, 0.2) is 0 Å². The number of rotatable bonds is 3. The average molecular weight is 298 g/mol. The number of nitrogens with zero attached hydrogens (tertiary/aromatic N) is 1. The molecule has 1 aliphatic heterocycles. The van der Waals surface area contributed by atoms with E-state index in [1.54, 1.807) is 0 Å². The summed E-state index contributed by atoms with van der Waals surface area (Å²) in [4.78, 5) is 14.3. The fraction of sp³-hybridized carbons (Fsp3) is 0.938. The molecule has 2 fully saturated rings. The zero-order valence-electron chi connectivity index (χ0n) is 13.5.